The lowest BCUT2D eigenvalue weighted by Crippen LogP contribution is -2.27. The second-order valence-electron chi connectivity index (χ2n) is 2.84. The smallest absolute Gasteiger partial charge is 0.407 e. The number of rotatable bonds is 3. The number of carbonyl (C=O) groups excluding carboxylic acids is 1. The molecule has 4 heteroatoms. The molecule has 0 aliphatic rings. The quantitative estimate of drug-likeness (QED) is 0.799. The van der Waals surface area contributed by atoms with Crippen molar-refractivity contribution >= 4 is 6.09 Å². The van der Waals surface area contributed by atoms with Crippen LogP contribution in [0, 0.1) is 0 Å². The average molecular weight is 194 g/mol. The Hall–Kier alpha value is -1.58. The largest absolute Gasteiger partial charge is 0.450 e. The summed E-state index contributed by atoms with van der Waals surface area (Å²) in [6.45, 7) is 4.00. The molecule has 1 amide bonds. The standard InChI is InChI=1S/C10H14N2O2/c1-3-14-10(13)12-8(2)9-6-4-5-7-11-9/h4-8H,3H2,1-2H3,(H,12,13)/t8-/m1/s1. The minimum Gasteiger partial charge on any atom is -0.450 e. The SMILES string of the molecule is CCOC(=O)N[C@H](C)c1ccccn1. The fourth-order valence-electron chi connectivity index (χ4n) is 1.06. The highest BCUT2D eigenvalue weighted by Gasteiger charge is 2.09. The maximum atomic E-state index is 11.1. The van der Waals surface area contributed by atoms with Crippen molar-refractivity contribution in [2.24, 2.45) is 0 Å². The highest BCUT2D eigenvalue weighted by Crippen LogP contribution is 2.07. The van der Waals surface area contributed by atoms with Gasteiger partial charge in [0.25, 0.3) is 0 Å². The van der Waals surface area contributed by atoms with Crippen LogP contribution in [0.15, 0.2) is 24.4 Å². The van der Waals surface area contributed by atoms with Crippen LogP contribution in [0.5, 0.6) is 0 Å². The number of nitrogens with zero attached hydrogens (tertiary/aromatic N) is 1. The number of hydrogen-bond acceptors (Lipinski definition) is 3. The van der Waals surface area contributed by atoms with Crippen LogP contribution in [0.3, 0.4) is 0 Å². The summed E-state index contributed by atoms with van der Waals surface area (Å²) in [5.41, 5.74) is 0.820. The molecule has 0 saturated carbocycles. The van der Waals surface area contributed by atoms with Crippen molar-refractivity contribution in [3.63, 3.8) is 0 Å². The van der Waals surface area contributed by atoms with E-state index in [1.54, 1.807) is 13.1 Å². The number of nitrogens with one attached hydrogen (secondary N) is 1. The zero-order valence-electron chi connectivity index (χ0n) is 8.36. The van der Waals surface area contributed by atoms with Crippen molar-refractivity contribution in [2.75, 3.05) is 6.61 Å². The van der Waals surface area contributed by atoms with Gasteiger partial charge in [-0.3, -0.25) is 4.98 Å². The summed E-state index contributed by atoms with van der Waals surface area (Å²) in [6, 6.07) is 5.44. The predicted octanol–water partition coefficient (Wildman–Crippen LogP) is 1.89. The summed E-state index contributed by atoms with van der Waals surface area (Å²) in [5.74, 6) is 0. The van der Waals surface area contributed by atoms with Gasteiger partial charge < -0.3 is 10.1 Å². The van der Waals surface area contributed by atoms with Crippen molar-refractivity contribution in [3.05, 3.63) is 30.1 Å². The summed E-state index contributed by atoms with van der Waals surface area (Å²) in [6.07, 6.45) is 1.28. The van der Waals surface area contributed by atoms with E-state index in [0.29, 0.717) is 6.61 Å². The fourth-order valence-corrected chi connectivity index (χ4v) is 1.06. The Morgan fingerprint density at radius 3 is 3.00 bits per heavy atom. The van der Waals surface area contributed by atoms with E-state index in [9.17, 15) is 4.79 Å². The van der Waals surface area contributed by atoms with Crippen LogP contribution in [0.25, 0.3) is 0 Å². The molecule has 0 spiro atoms. The van der Waals surface area contributed by atoms with E-state index in [1.165, 1.54) is 0 Å². The van der Waals surface area contributed by atoms with E-state index < -0.39 is 6.09 Å². The van der Waals surface area contributed by atoms with Crippen LogP contribution in [-0.4, -0.2) is 17.7 Å². The molecule has 0 saturated heterocycles. The van der Waals surface area contributed by atoms with Crippen molar-refractivity contribution in [2.45, 2.75) is 19.9 Å². The summed E-state index contributed by atoms with van der Waals surface area (Å²) in [4.78, 5) is 15.2. The van der Waals surface area contributed by atoms with E-state index in [2.05, 4.69) is 10.3 Å². The Morgan fingerprint density at radius 2 is 2.43 bits per heavy atom. The maximum absolute atomic E-state index is 11.1. The predicted molar refractivity (Wildman–Crippen MR) is 52.8 cm³/mol. The molecule has 0 radical (unpaired) electrons. The zero-order chi connectivity index (χ0) is 10.4. The third-order valence-electron chi connectivity index (χ3n) is 1.74. The Kier molecular flexibility index (Phi) is 3.91. The molecule has 0 unspecified atom stereocenters. The second kappa shape index (κ2) is 5.21. The number of hydrogen-bond donors (Lipinski definition) is 1. The molecule has 1 aromatic heterocycles. The topological polar surface area (TPSA) is 51.2 Å². The molecular weight excluding hydrogens is 180 g/mol. The molecule has 0 aliphatic heterocycles. The minimum atomic E-state index is -0.411. The van der Waals surface area contributed by atoms with Gasteiger partial charge in [-0.2, -0.15) is 0 Å². The number of aromatic nitrogens is 1. The lowest BCUT2D eigenvalue weighted by molar-refractivity contribution is 0.148. The fraction of sp³-hybridized carbons (Fsp3) is 0.400. The number of ether oxygens (including phenoxy) is 1. The van der Waals surface area contributed by atoms with Gasteiger partial charge in [-0.05, 0) is 26.0 Å². The third-order valence-corrected chi connectivity index (χ3v) is 1.74. The number of amides is 1. The van der Waals surface area contributed by atoms with Crippen LogP contribution >= 0.6 is 0 Å². The van der Waals surface area contributed by atoms with Crippen molar-refractivity contribution in [1.29, 1.82) is 0 Å². The Labute approximate surface area is 83.3 Å². The molecule has 76 valence electrons. The van der Waals surface area contributed by atoms with Crippen LogP contribution in [0.4, 0.5) is 4.79 Å². The van der Waals surface area contributed by atoms with Crippen LogP contribution in [0.1, 0.15) is 25.6 Å². The Bertz CT molecular complexity index is 287. The van der Waals surface area contributed by atoms with Gasteiger partial charge in [0.15, 0.2) is 0 Å². The second-order valence-corrected chi connectivity index (χ2v) is 2.84. The molecule has 1 heterocycles. The number of alkyl carbamates (subject to hydrolysis) is 1. The first-order chi connectivity index (χ1) is 6.74. The van der Waals surface area contributed by atoms with E-state index in [4.69, 9.17) is 4.74 Å². The van der Waals surface area contributed by atoms with Crippen LogP contribution < -0.4 is 5.32 Å². The van der Waals surface area contributed by atoms with Crippen molar-refractivity contribution < 1.29 is 9.53 Å². The van der Waals surface area contributed by atoms with Crippen LogP contribution in [0.2, 0.25) is 0 Å². The molecule has 4 nitrogen and oxygen atoms in total. The zero-order valence-corrected chi connectivity index (χ0v) is 8.36. The monoisotopic (exact) mass is 194 g/mol. The van der Waals surface area contributed by atoms with Crippen LogP contribution in [-0.2, 0) is 4.74 Å². The molecule has 1 rings (SSSR count). The Morgan fingerprint density at radius 1 is 1.64 bits per heavy atom. The van der Waals surface area contributed by atoms with E-state index >= 15 is 0 Å². The molecule has 1 atom stereocenters. The highest BCUT2D eigenvalue weighted by atomic mass is 16.5. The highest BCUT2D eigenvalue weighted by molar-refractivity contribution is 5.67. The first-order valence-electron chi connectivity index (χ1n) is 4.58. The molecule has 0 aromatic carbocycles. The molecule has 0 aliphatic carbocycles. The average Bonchev–Trinajstić information content (AvgIpc) is 2.19. The number of carbonyl (C=O) groups is 1. The summed E-state index contributed by atoms with van der Waals surface area (Å²) in [7, 11) is 0. The van der Waals surface area contributed by atoms with Gasteiger partial charge in [0, 0.05) is 6.20 Å². The van der Waals surface area contributed by atoms with Gasteiger partial charge in [0.05, 0.1) is 18.3 Å². The molecule has 1 aromatic rings. The summed E-state index contributed by atoms with van der Waals surface area (Å²) >= 11 is 0. The summed E-state index contributed by atoms with van der Waals surface area (Å²) in [5, 5.41) is 2.67. The minimum absolute atomic E-state index is 0.129. The maximum Gasteiger partial charge on any atom is 0.407 e. The first kappa shape index (κ1) is 10.5. The van der Waals surface area contributed by atoms with Gasteiger partial charge in [-0.25, -0.2) is 4.79 Å². The lowest BCUT2D eigenvalue weighted by Gasteiger charge is -2.12. The third kappa shape index (κ3) is 3.05. The Balaban J connectivity index is 2.50. The molecule has 1 N–H and O–H groups in total. The van der Waals surface area contributed by atoms with Gasteiger partial charge in [-0.15, -0.1) is 0 Å². The van der Waals surface area contributed by atoms with Gasteiger partial charge in [0.2, 0.25) is 0 Å². The van der Waals surface area contributed by atoms with Gasteiger partial charge >= 0.3 is 6.09 Å². The van der Waals surface area contributed by atoms with Crippen molar-refractivity contribution in [1.82, 2.24) is 10.3 Å². The molecule has 0 bridgehead atoms. The lowest BCUT2D eigenvalue weighted by atomic mass is 10.2. The van der Waals surface area contributed by atoms with Gasteiger partial charge in [0.1, 0.15) is 0 Å². The number of pyridine rings is 1. The van der Waals surface area contributed by atoms with E-state index in [1.807, 2.05) is 25.1 Å². The van der Waals surface area contributed by atoms with E-state index in [0.717, 1.165) is 5.69 Å². The summed E-state index contributed by atoms with van der Waals surface area (Å²) < 4.78 is 4.76. The molecule has 14 heavy (non-hydrogen) atoms. The first-order valence-corrected chi connectivity index (χ1v) is 4.58. The normalized spacial score (nSPS) is 11.9. The van der Waals surface area contributed by atoms with Crippen molar-refractivity contribution in [3.8, 4) is 0 Å². The van der Waals surface area contributed by atoms with E-state index in [-0.39, 0.29) is 6.04 Å². The molecular formula is C10H14N2O2. The van der Waals surface area contributed by atoms with Gasteiger partial charge in [-0.1, -0.05) is 6.07 Å². The molecule has 0 fully saturated rings.